The number of benzene rings is 2. The highest BCUT2D eigenvalue weighted by molar-refractivity contribution is 7.43. The molecule has 0 aliphatic heterocycles. The molecule has 4 aliphatic rings. The van der Waals surface area contributed by atoms with Crippen molar-refractivity contribution >= 4 is 25.2 Å². The van der Waals surface area contributed by atoms with Gasteiger partial charge in [-0.2, -0.15) is 0 Å². The highest BCUT2D eigenvalue weighted by Gasteiger charge is 2.53. The minimum Gasteiger partial charge on any atom is -0.780 e. The normalized spacial score (nSPS) is 28.0. The van der Waals surface area contributed by atoms with E-state index in [1.807, 2.05) is 36.4 Å². The predicted molar refractivity (Wildman–Crippen MR) is 122 cm³/mol. The van der Waals surface area contributed by atoms with Crippen molar-refractivity contribution in [1.82, 2.24) is 0 Å². The Balaban J connectivity index is 1.42. The summed E-state index contributed by atoms with van der Waals surface area (Å²) in [6.45, 7) is 0.694. The molecule has 4 saturated carbocycles. The zero-order valence-electron chi connectivity index (χ0n) is 18.2. The van der Waals surface area contributed by atoms with E-state index in [0.717, 1.165) is 43.6 Å². The zero-order valence-corrected chi connectivity index (χ0v) is 19.8. The smallest absolute Gasteiger partial charge is 0.126 e. The van der Waals surface area contributed by atoms with E-state index in [0.29, 0.717) is 36.5 Å². The summed E-state index contributed by atoms with van der Waals surface area (Å²) in [5.74, 6) is 2.82. The van der Waals surface area contributed by atoms with Gasteiger partial charge in [-0.1, -0.05) is 30.3 Å². The molecule has 0 aromatic heterocycles. The summed E-state index contributed by atoms with van der Waals surface area (Å²) in [6, 6.07) is 16.1. The lowest BCUT2D eigenvalue weighted by molar-refractivity contribution is -0.333. The number of phosphoric acid groups is 1. The number of halogens is 1. The third-order valence-corrected chi connectivity index (χ3v) is 7.81. The summed E-state index contributed by atoms with van der Waals surface area (Å²) >= 11 is 6.94. The molecule has 2 aromatic rings. The van der Waals surface area contributed by atoms with Crippen LogP contribution in [0.1, 0.15) is 37.7 Å². The summed E-state index contributed by atoms with van der Waals surface area (Å²) < 4.78 is 27.9. The second kappa shape index (κ2) is 8.99. The van der Waals surface area contributed by atoms with Crippen molar-refractivity contribution in [3.8, 4) is 11.5 Å². The molecule has 0 radical (unpaired) electrons. The maximum absolute atomic E-state index is 11.1. The van der Waals surface area contributed by atoms with Crippen molar-refractivity contribution in [1.29, 1.82) is 0 Å². The van der Waals surface area contributed by atoms with Gasteiger partial charge in [0, 0.05) is 10.4 Å². The number of allylic oxidation sites excluding steroid dienone is 1. The third-order valence-electron chi connectivity index (χ3n) is 6.91. The molecule has 0 amide bonds. The van der Waals surface area contributed by atoms with Gasteiger partial charge in [0.2, 0.25) is 0 Å². The van der Waals surface area contributed by atoms with Gasteiger partial charge >= 0.3 is 0 Å². The van der Waals surface area contributed by atoms with E-state index in [2.05, 4.69) is 4.52 Å². The fourth-order valence-electron chi connectivity index (χ4n) is 6.04. The van der Waals surface area contributed by atoms with Crippen LogP contribution in [0.2, 0.25) is 0 Å². The third kappa shape index (κ3) is 5.25. The molecule has 6 rings (SSSR count). The van der Waals surface area contributed by atoms with Crippen LogP contribution >= 0.6 is 19.4 Å². The van der Waals surface area contributed by atoms with Gasteiger partial charge in [-0.05, 0) is 79.7 Å². The maximum atomic E-state index is 11.1. The number of alkyl halides is 1. The Morgan fingerprint density at radius 1 is 0.970 bits per heavy atom. The number of para-hydroxylation sites is 1. The van der Waals surface area contributed by atoms with Crippen LogP contribution in [-0.2, 0) is 9.30 Å². The number of hydrogen-bond donors (Lipinski definition) is 0. The van der Waals surface area contributed by atoms with E-state index in [4.69, 9.17) is 21.1 Å². The highest BCUT2D eigenvalue weighted by atomic mass is 35.5. The molecular weight excluding hydrogens is 463 g/mol. The van der Waals surface area contributed by atoms with Crippen LogP contribution in [0.5, 0.6) is 11.5 Å². The molecule has 4 aliphatic carbocycles. The van der Waals surface area contributed by atoms with Crippen molar-refractivity contribution in [3.05, 3.63) is 65.7 Å². The average molecular weight is 489 g/mol. The molecule has 176 valence electrons. The van der Waals surface area contributed by atoms with E-state index in [-0.39, 0.29) is 10.6 Å². The second-order valence-electron chi connectivity index (χ2n) is 9.36. The van der Waals surface area contributed by atoms with Crippen molar-refractivity contribution in [2.45, 2.75) is 37.0 Å². The summed E-state index contributed by atoms with van der Waals surface area (Å²) in [6.07, 6.45) is 5.13. The topological polar surface area (TPSA) is 90.9 Å². The Hall–Kier alpha value is -1.98. The molecule has 2 unspecified atom stereocenters. The quantitative estimate of drug-likeness (QED) is 0.235. The first-order valence-corrected chi connectivity index (χ1v) is 13.2. The predicted octanol–water partition coefficient (Wildman–Crippen LogP) is 4.52. The molecule has 2 aromatic carbocycles. The Morgan fingerprint density at radius 3 is 2.33 bits per heavy atom. The summed E-state index contributed by atoms with van der Waals surface area (Å²) in [5, 5.41) is 0. The van der Waals surface area contributed by atoms with Gasteiger partial charge in [0.15, 0.2) is 0 Å². The number of phosphoric ester groups is 1. The van der Waals surface area contributed by atoms with Crippen LogP contribution in [0, 0.1) is 17.8 Å². The van der Waals surface area contributed by atoms with Crippen molar-refractivity contribution in [2.24, 2.45) is 17.8 Å². The standard InChI is InChI=1S/C25H28ClO6P/c26-25-14-17-11-19(15-25)23(20(12-17)16-25)24(31-10-9-30-21-6-2-1-3-7-21)18-5-4-8-22(13-18)32-33(27,28)29/h1-8,13,17,19-20H,9-12,14-16H2,(H2,27,28,29)/p-2. The first kappa shape index (κ1) is 22.8. The van der Waals surface area contributed by atoms with Crippen LogP contribution in [0.15, 0.2) is 60.2 Å². The Bertz CT molecular complexity index is 1060. The van der Waals surface area contributed by atoms with Gasteiger partial charge in [0.1, 0.15) is 38.3 Å². The molecule has 4 fully saturated rings. The highest BCUT2D eigenvalue weighted by Crippen LogP contribution is 2.61. The van der Waals surface area contributed by atoms with Crippen LogP contribution < -0.4 is 19.0 Å². The Labute approximate surface area is 198 Å². The molecule has 33 heavy (non-hydrogen) atoms. The van der Waals surface area contributed by atoms with E-state index in [1.165, 1.54) is 11.6 Å². The van der Waals surface area contributed by atoms with Crippen LogP contribution in [0.4, 0.5) is 0 Å². The number of ether oxygens (including phenoxy) is 2. The van der Waals surface area contributed by atoms with Crippen LogP contribution in [0.25, 0.3) is 5.76 Å². The first-order chi connectivity index (χ1) is 15.8. The van der Waals surface area contributed by atoms with Gasteiger partial charge < -0.3 is 28.3 Å². The van der Waals surface area contributed by atoms with Gasteiger partial charge in [0.25, 0.3) is 0 Å². The van der Waals surface area contributed by atoms with E-state index in [9.17, 15) is 14.4 Å². The lowest BCUT2D eigenvalue weighted by Crippen LogP contribution is -2.49. The van der Waals surface area contributed by atoms with Gasteiger partial charge in [0.05, 0.1) is 0 Å². The summed E-state index contributed by atoms with van der Waals surface area (Å²) in [7, 11) is -5.15. The Kier molecular flexibility index (Phi) is 6.21. The van der Waals surface area contributed by atoms with Gasteiger partial charge in [-0.3, -0.25) is 0 Å². The fourth-order valence-corrected chi connectivity index (χ4v) is 7.00. The fraction of sp³-hybridized carbons (Fsp3) is 0.440. The van der Waals surface area contributed by atoms with Crippen LogP contribution in [0.3, 0.4) is 0 Å². The summed E-state index contributed by atoms with van der Waals surface area (Å²) in [5.41, 5.74) is 1.96. The largest absolute Gasteiger partial charge is 0.780 e. The maximum Gasteiger partial charge on any atom is 0.126 e. The molecule has 0 heterocycles. The monoisotopic (exact) mass is 488 g/mol. The van der Waals surface area contributed by atoms with Crippen LogP contribution in [-0.4, -0.2) is 18.1 Å². The number of hydrogen-bond acceptors (Lipinski definition) is 6. The zero-order chi connectivity index (χ0) is 23.1. The molecule has 0 spiro atoms. The first-order valence-electron chi connectivity index (χ1n) is 11.3. The van der Waals surface area contributed by atoms with E-state index >= 15 is 0 Å². The SMILES string of the molecule is O=P([O-])([O-])Oc1cccc(C(OCCOc2ccccc2)=C2C3CC4CC2CC(Cl)(C4)C3)c1. The number of rotatable bonds is 8. The lowest BCUT2D eigenvalue weighted by atomic mass is 9.53. The molecule has 0 N–H and O–H groups in total. The Morgan fingerprint density at radius 2 is 1.67 bits per heavy atom. The second-order valence-corrected chi connectivity index (χ2v) is 11.2. The molecular formula is C25H26ClO6P-2. The van der Waals surface area contributed by atoms with Gasteiger partial charge in [-0.25, -0.2) is 0 Å². The van der Waals surface area contributed by atoms with Crippen molar-refractivity contribution in [2.75, 3.05) is 13.2 Å². The van der Waals surface area contributed by atoms with Crippen molar-refractivity contribution in [3.63, 3.8) is 0 Å². The minimum atomic E-state index is -5.15. The van der Waals surface area contributed by atoms with Crippen molar-refractivity contribution < 1.29 is 28.3 Å². The molecule has 8 heteroatoms. The van der Waals surface area contributed by atoms with Gasteiger partial charge in [-0.15, -0.1) is 11.6 Å². The minimum absolute atomic E-state index is 0.0132. The average Bonchev–Trinajstić information content (AvgIpc) is 2.73. The van der Waals surface area contributed by atoms with E-state index < -0.39 is 7.82 Å². The summed E-state index contributed by atoms with van der Waals surface area (Å²) in [4.78, 5) is 22.2. The molecule has 4 bridgehead atoms. The lowest BCUT2D eigenvalue weighted by Gasteiger charge is -2.55. The molecule has 2 atom stereocenters. The molecule has 6 nitrogen and oxygen atoms in total. The molecule has 0 saturated heterocycles. The van der Waals surface area contributed by atoms with E-state index in [1.54, 1.807) is 12.1 Å².